The normalized spacial score (nSPS) is 19.1. The van der Waals surface area contributed by atoms with Crippen LogP contribution in [0.5, 0.6) is 0 Å². The Bertz CT molecular complexity index is 128. The van der Waals surface area contributed by atoms with Gasteiger partial charge in [-0.2, -0.15) is 0 Å². The van der Waals surface area contributed by atoms with Crippen LogP contribution in [0.1, 0.15) is 12.8 Å². The highest BCUT2D eigenvalue weighted by Crippen LogP contribution is 1.99. The summed E-state index contributed by atoms with van der Waals surface area (Å²) in [5.74, 6) is -0.860. The highest BCUT2D eigenvalue weighted by Gasteiger charge is 2.16. The minimum atomic E-state index is -0.430. The van der Waals surface area contributed by atoms with Crippen LogP contribution in [0.25, 0.3) is 0 Å². The van der Waals surface area contributed by atoms with Gasteiger partial charge < -0.3 is 9.31 Å². The summed E-state index contributed by atoms with van der Waals surface area (Å²) in [5, 5.41) is 0. The van der Waals surface area contributed by atoms with Crippen molar-refractivity contribution in [2.24, 2.45) is 0 Å². The summed E-state index contributed by atoms with van der Waals surface area (Å²) in [6.07, 6.45) is 0.213. The van der Waals surface area contributed by atoms with Crippen LogP contribution in [-0.4, -0.2) is 19.6 Å². The summed E-state index contributed by atoms with van der Waals surface area (Å²) in [6.45, 7) is 0. The third-order valence-corrected chi connectivity index (χ3v) is 0.892. The van der Waals surface area contributed by atoms with Gasteiger partial charge in [-0.1, -0.05) is 0 Å². The highest BCUT2D eigenvalue weighted by atomic mass is 16.6. The predicted octanol–water partition coefficient (Wildman–Crippen LogP) is -0.599. The SMILES string of the molecule is O=C1CCC(=O)O[B]O1. The summed E-state index contributed by atoms with van der Waals surface area (Å²) in [4.78, 5) is 20.7. The maximum absolute atomic E-state index is 10.3. The molecule has 9 heavy (non-hydrogen) atoms. The van der Waals surface area contributed by atoms with Crippen molar-refractivity contribution < 1.29 is 18.9 Å². The lowest BCUT2D eigenvalue weighted by atomic mass is 10.3. The van der Waals surface area contributed by atoms with Gasteiger partial charge in [0.05, 0.1) is 12.8 Å². The van der Waals surface area contributed by atoms with E-state index in [1.165, 1.54) is 0 Å². The molecule has 0 aromatic rings. The van der Waals surface area contributed by atoms with Crippen molar-refractivity contribution in [2.45, 2.75) is 12.8 Å². The number of hydrogen-bond donors (Lipinski definition) is 0. The maximum Gasteiger partial charge on any atom is 0.662 e. The lowest BCUT2D eigenvalue weighted by Crippen LogP contribution is -2.07. The van der Waals surface area contributed by atoms with Gasteiger partial charge >= 0.3 is 7.69 Å². The van der Waals surface area contributed by atoms with Crippen molar-refractivity contribution >= 4 is 19.6 Å². The Morgan fingerprint density at radius 1 is 1.11 bits per heavy atom. The van der Waals surface area contributed by atoms with Crippen molar-refractivity contribution in [1.29, 1.82) is 0 Å². The van der Waals surface area contributed by atoms with E-state index in [4.69, 9.17) is 0 Å². The topological polar surface area (TPSA) is 52.6 Å². The average molecular weight is 127 g/mol. The average Bonchev–Trinajstić information content (AvgIpc) is 1.97. The number of carbonyl (C=O) groups excluding carboxylic acids is 2. The fourth-order valence-corrected chi connectivity index (χ4v) is 0.453. The summed E-state index contributed by atoms with van der Waals surface area (Å²) >= 11 is 0. The minimum absolute atomic E-state index is 0.106. The summed E-state index contributed by atoms with van der Waals surface area (Å²) in [6, 6.07) is 0. The van der Waals surface area contributed by atoms with E-state index in [2.05, 4.69) is 9.31 Å². The fraction of sp³-hybridized carbons (Fsp3) is 0.500. The largest absolute Gasteiger partial charge is 0.662 e. The molecule has 1 saturated heterocycles. The smallest absolute Gasteiger partial charge is 0.500 e. The fourth-order valence-electron chi connectivity index (χ4n) is 0.453. The Labute approximate surface area is 52.4 Å². The van der Waals surface area contributed by atoms with Crippen LogP contribution in [0.3, 0.4) is 0 Å². The van der Waals surface area contributed by atoms with Crippen molar-refractivity contribution in [3.63, 3.8) is 0 Å². The quantitative estimate of drug-likeness (QED) is 0.407. The third kappa shape index (κ3) is 1.75. The first-order valence-electron chi connectivity index (χ1n) is 2.50. The molecule has 0 amide bonds. The zero-order valence-corrected chi connectivity index (χ0v) is 4.62. The van der Waals surface area contributed by atoms with Gasteiger partial charge in [-0.15, -0.1) is 0 Å². The van der Waals surface area contributed by atoms with E-state index < -0.39 is 11.9 Å². The highest BCUT2D eigenvalue weighted by molar-refractivity contribution is 6.26. The molecule has 4 nitrogen and oxygen atoms in total. The maximum atomic E-state index is 10.3. The van der Waals surface area contributed by atoms with Crippen LogP contribution < -0.4 is 0 Å². The van der Waals surface area contributed by atoms with E-state index in [9.17, 15) is 9.59 Å². The summed E-state index contributed by atoms with van der Waals surface area (Å²) in [5.41, 5.74) is 0. The molecule has 1 fully saturated rings. The molecular weight excluding hydrogens is 123 g/mol. The van der Waals surface area contributed by atoms with Gasteiger partial charge in [0.1, 0.15) is 0 Å². The molecule has 0 unspecified atom stereocenters. The van der Waals surface area contributed by atoms with Gasteiger partial charge in [-0.3, -0.25) is 9.59 Å². The molecule has 0 aromatic heterocycles. The van der Waals surface area contributed by atoms with Gasteiger partial charge in [0.2, 0.25) is 0 Å². The predicted molar refractivity (Wildman–Crippen MR) is 27.2 cm³/mol. The Hall–Kier alpha value is -0.995. The number of rotatable bonds is 0. The van der Waals surface area contributed by atoms with Crippen molar-refractivity contribution in [1.82, 2.24) is 0 Å². The number of carbonyl (C=O) groups is 2. The molecular formula is C4H4BO4. The first-order valence-corrected chi connectivity index (χ1v) is 2.50. The van der Waals surface area contributed by atoms with Crippen LogP contribution in [0.2, 0.25) is 0 Å². The molecule has 0 bridgehead atoms. The zero-order chi connectivity index (χ0) is 6.69. The van der Waals surface area contributed by atoms with Crippen LogP contribution in [0, 0.1) is 0 Å². The third-order valence-electron chi connectivity index (χ3n) is 0.892. The van der Waals surface area contributed by atoms with Gasteiger partial charge in [-0.05, 0) is 0 Å². The number of hydrogen-bond acceptors (Lipinski definition) is 4. The van der Waals surface area contributed by atoms with Gasteiger partial charge in [0.25, 0.3) is 11.9 Å². The second kappa shape index (κ2) is 2.52. The van der Waals surface area contributed by atoms with Crippen LogP contribution >= 0.6 is 0 Å². The molecule has 47 valence electrons. The molecule has 0 N–H and O–H groups in total. The Balaban J connectivity index is 2.43. The Morgan fingerprint density at radius 2 is 1.56 bits per heavy atom. The van der Waals surface area contributed by atoms with E-state index in [1.54, 1.807) is 0 Å². The molecule has 0 spiro atoms. The minimum Gasteiger partial charge on any atom is -0.500 e. The van der Waals surface area contributed by atoms with E-state index in [0.717, 1.165) is 7.69 Å². The molecule has 0 aliphatic carbocycles. The lowest BCUT2D eigenvalue weighted by Gasteiger charge is -1.91. The van der Waals surface area contributed by atoms with Crippen molar-refractivity contribution in [2.75, 3.05) is 0 Å². The molecule has 1 rings (SSSR count). The summed E-state index contributed by atoms with van der Waals surface area (Å²) < 4.78 is 8.53. The van der Waals surface area contributed by atoms with E-state index in [1.807, 2.05) is 0 Å². The molecule has 0 atom stereocenters. The monoisotopic (exact) mass is 127 g/mol. The lowest BCUT2D eigenvalue weighted by molar-refractivity contribution is -0.135. The molecule has 0 aromatic carbocycles. The van der Waals surface area contributed by atoms with Crippen LogP contribution in [0.15, 0.2) is 0 Å². The van der Waals surface area contributed by atoms with Crippen molar-refractivity contribution in [3.8, 4) is 0 Å². The molecule has 1 radical (unpaired) electrons. The standard InChI is InChI=1S/C4H4BO4/c6-3-1-2-4(7)9-5-8-3/h1-2H2. The first kappa shape index (κ1) is 6.13. The van der Waals surface area contributed by atoms with Crippen molar-refractivity contribution in [3.05, 3.63) is 0 Å². The van der Waals surface area contributed by atoms with Gasteiger partial charge in [0.15, 0.2) is 0 Å². The van der Waals surface area contributed by atoms with Gasteiger partial charge in [-0.25, -0.2) is 0 Å². The molecule has 1 aliphatic rings. The second-order valence-corrected chi connectivity index (χ2v) is 1.58. The van der Waals surface area contributed by atoms with Gasteiger partial charge in [0, 0.05) is 0 Å². The van der Waals surface area contributed by atoms with E-state index >= 15 is 0 Å². The van der Waals surface area contributed by atoms with Crippen LogP contribution in [0.4, 0.5) is 0 Å². The Morgan fingerprint density at radius 3 is 2.00 bits per heavy atom. The molecule has 1 aliphatic heterocycles. The Kier molecular flexibility index (Phi) is 1.72. The van der Waals surface area contributed by atoms with E-state index in [-0.39, 0.29) is 12.8 Å². The van der Waals surface area contributed by atoms with E-state index in [0.29, 0.717) is 0 Å². The molecule has 5 heteroatoms. The van der Waals surface area contributed by atoms with Crippen LogP contribution in [-0.2, 0) is 18.9 Å². The summed E-state index contributed by atoms with van der Waals surface area (Å²) in [7, 11) is 0.762. The molecule has 0 saturated carbocycles. The first-order chi connectivity index (χ1) is 4.29. The second-order valence-electron chi connectivity index (χ2n) is 1.58. The molecule has 1 heterocycles. The zero-order valence-electron chi connectivity index (χ0n) is 4.62.